The standard InChI is InChI=1S/C16H15FO2/c1-12(10-18)15-9-14(17)7-8-16(15)19-11-13-5-3-2-4-6-13/h2-10,12H,11H2,1H3. The van der Waals surface area contributed by atoms with Crippen molar-refractivity contribution < 1.29 is 13.9 Å². The highest BCUT2D eigenvalue weighted by Crippen LogP contribution is 2.27. The molecule has 0 saturated carbocycles. The van der Waals surface area contributed by atoms with Crippen LogP contribution in [0.25, 0.3) is 0 Å². The van der Waals surface area contributed by atoms with Crippen LogP contribution < -0.4 is 4.74 Å². The van der Waals surface area contributed by atoms with Crippen LogP contribution in [0.2, 0.25) is 0 Å². The van der Waals surface area contributed by atoms with Crippen molar-refractivity contribution in [2.45, 2.75) is 19.4 Å². The second kappa shape index (κ2) is 6.14. The van der Waals surface area contributed by atoms with E-state index in [0.717, 1.165) is 11.8 Å². The van der Waals surface area contributed by atoms with Gasteiger partial charge in [0.2, 0.25) is 0 Å². The maximum Gasteiger partial charge on any atom is 0.127 e. The monoisotopic (exact) mass is 258 g/mol. The molecule has 2 rings (SSSR count). The molecule has 2 aromatic carbocycles. The van der Waals surface area contributed by atoms with Gasteiger partial charge in [0.25, 0.3) is 0 Å². The minimum absolute atomic E-state index is 0.365. The summed E-state index contributed by atoms with van der Waals surface area (Å²) in [6.45, 7) is 2.11. The molecule has 0 radical (unpaired) electrons. The lowest BCUT2D eigenvalue weighted by Gasteiger charge is -2.13. The Morgan fingerprint density at radius 3 is 2.63 bits per heavy atom. The number of halogens is 1. The summed E-state index contributed by atoms with van der Waals surface area (Å²) in [7, 11) is 0. The van der Waals surface area contributed by atoms with Crippen LogP contribution in [0.5, 0.6) is 5.75 Å². The number of carbonyl (C=O) groups excluding carboxylic acids is 1. The van der Waals surface area contributed by atoms with Gasteiger partial charge in [0.1, 0.15) is 24.5 Å². The van der Waals surface area contributed by atoms with E-state index in [0.29, 0.717) is 17.9 Å². The van der Waals surface area contributed by atoms with Gasteiger partial charge in [0.15, 0.2) is 0 Å². The maximum absolute atomic E-state index is 13.2. The number of aldehydes is 1. The third-order valence-electron chi connectivity index (χ3n) is 2.90. The van der Waals surface area contributed by atoms with E-state index in [1.807, 2.05) is 30.3 Å². The third kappa shape index (κ3) is 3.41. The molecule has 2 nitrogen and oxygen atoms in total. The summed E-state index contributed by atoms with van der Waals surface area (Å²) in [6, 6.07) is 13.9. The lowest BCUT2D eigenvalue weighted by Crippen LogP contribution is -2.02. The predicted octanol–water partition coefficient (Wildman–Crippen LogP) is 3.71. The van der Waals surface area contributed by atoms with Crippen molar-refractivity contribution in [2.75, 3.05) is 0 Å². The van der Waals surface area contributed by atoms with E-state index in [4.69, 9.17) is 4.74 Å². The quantitative estimate of drug-likeness (QED) is 0.764. The molecule has 1 atom stereocenters. The first-order valence-electron chi connectivity index (χ1n) is 6.12. The van der Waals surface area contributed by atoms with E-state index in [2.05, 4.69) is 0 Å². The summed E-state index contributed by atoms with van der Waals surface area (Å²) in [5.41, 5.74) is 1.60. The zero-order valence-electron chi connectivity index (χ0n) is 10.7. The maximum atomic E-state index is 13.2. The van der Waals surface area contributed by atoms with Gasteiger partial charge in [-0.05, 0) is 23.8 Å². The van der Waals surface area contributed by atoms with Crippen molar-refractivity contribution in [3.63, 3.8) is 0 Å². The minimum atomic E-state index is -0.388. The molecular weight excluding hydrogens is 243 g/mol. The third-order valence-corrected chi connectivity index (χ3v) is 2.90. The van der Waals surface area contributed by atoms with Gasteiger partial charge in [-0.2, -0.15) is 0 Å². The number of hydrogen-bond acceptors (Lipinski definition) is 2. The molecule has 0 saturated heterocycles. The van der Waals surface area contributed by atoms with E-state index < -0.39 is 0 Å². The van der Waals surface area contributed by atoms with E-state index in [-0.39, 0.29) is 11.7 Å². The van der Waals surface area contributed by atoms with Gasteiger partial charge in [0.05, 0.1) is 0 Å². The second-order valence-corrected chi connectivity index (χ2v) is 4.38. The average molecular weight is 258 g/mol. The van der Waals surface area contributed by atoms with Crippen LogP contribution >= 0.6 is 0 Å². The molecule has 0 N–H and O–H groups in total. The highest BCUT2D eigenvalue weighted by atomic mass is 19.1. The zero-order chi connectivity index (χ0) is 13.7. The molecule has 98 valence electrons. The Balaban J connectivity index is 2.18. The molecule has 2 aromatic rings. The van der Waals surface area contributed by atoms with Crippen molar-refractivity contribution in [3.8, 4) is 5.75 Å². The smallest absolute Gasteiger partial charge is 0.127 e. The van der Waals surface area contributed by atoms with Gasteiger partial charge >= 0.3 is 0 Å². The van der Waals surface area contributed by atoms with Crippen LogP contribution in [0.4, 0.5) is 4.39 Å². The number of rotatable bonds is 5. The van der Waals surface area contributed by atoms with Crippen molar-refractivity contribution in [2.24, 2.45) is 0 Å². The molecule has 0 aliphatic rings. The van der Waals surface area contributed by atoms with Crippen LogP contribution in [0.1, 0.15) is 24.0 Å². The summed E-state index contributed by atoms with van der Waals surface area (Å²) < 4.78 is 18.9. The normalized spacial score (nSPS) is 11.9. The molecule has 0 aromatic heterocycles. The molecule has 0 aliphatic heterocycles. The predicted molar refractivity (Wildman–Crippen MR) is 71.7 cm³/mol. The van der Waals surface area contributed by atoms with Crippen LogP contribution in [0.3, 0.4) is 0 Å². The summed E-state index contributed by atoms with van der Waals surface area (Å²) in [4.78, 5) is 10.9. The van der Waals surface area contributed by atoms with Gasteiger partial charge in [-0.25, -0.2) is 4.39 Å². The van der Waals surface area contributed by atoms with Crippen LogP contribution in [-0.2, 0) is 11.4 Å². The largest absolute Gasteiger partial charge is 0.489 e. The molecule has 0 amide bonds. The number of benzene rings is 2. The number of ether oxygens (including phenoxy) is 1. The lowest BCUT2D eigenvalue weighted by atomic mass is 10.0. The minimum Gasteiger partial charge on any atom is -0.489 e. The van der Waals surface area contributed by atoms with Crippen molar-refractivity contribution in [1.29, 1.82) is 0 Å². The van der Waals surface area contributed by atoms with Gasteiger partial charge in [-0.3, -0.25) is 0 Å². The molecule has 19 heavy (non-hydrogen) atoms. The van der Waals surface area contributed by atoms with Crippen molar-refractivity contribution >= 4 is 6.29 Å². The Kier molecular flexibility index (Phi) is 4.29. The van der Waals surface area contributed by atoms with E-state index in [1.54, 1.807) is 13.0 Å². The highest BCUT2D eigenvalue weighted by molar-refractivity contribution is 5.63. The fourth-order valence-electron chi connectivity index (χ4n) is 1.82. The Morgan fingerprint density at radius 2 is 1.95 bits per heavy atom. The van der Waals surface area contributed by atoms with Crippen LogP contribution in [0.15, 0.2) is 48.5 Å². The first-order chi connectivity index (χ1) is 9.20. The van der Waals surface area contributed by atoms with Crippen molar-refractivity contribution in [3.05, 3.63) is 65.5 Å². The molecule has 0 aliphatic carbocycles. The van der Waals surface area contributed by atoms with Crippen LogP contribution in [-0.4, -0.2) is 6.29 Å². The first kappa shape index (κ1) is 13.3. The fourth-order valence-corrected chi connectivity index (χ4v) is 1.82. The van der Waals surface area contributed by atoms with E-state index >= 15 is 0 Å². The fraction of sp³-hybridized carbons (Fsp3) is 0.188. The average Bonchev–Trinajstić information content (AvgIpc) is 2.46. The Labute approximate surface area is 111 Å². The molecule has 1 unspecified atom stereocenters. The molecule has 0 fully saturated rings. The van der Waals surface area contributed by atoms with E-state index in [1.165, 1.54) is 12.1 Å². The number of carbonyl (C=O) groups is 1. The SMILES string of the molecule is CC(C=O)c1cc(F)ccc1OCc1ccccc1. The summed E-state index contributed by atoms with van der Waals surface area (Å²) in [5, 5.41) is 0. The van der Waals surface area contributed by atoms with Gasteiger partial charge in [-0.15, -0.1) is 0 Å². The summed E-state index contributed by atoms with van der Waals surface area (Å²) in [6.07, 6.45) is 0.782. The molecule has 0 spiro atoms. The number of hydrogen-bond donors (Lipinski definition) is 0. The Morgan fingerprint density at radius 1 is 1.21 bits per heavy atom. The zero-order valence-corrected chi connectivity index (χ0v) is 10.7. The van der Waals surface area contributed by atoms with Gasteiger partial charge < -0.3 is 9.53 Å². The van der Waals surface area contributed by atoms with Crippen molar-refractivity contribution in [1.82, 2.24) is 0 Å². The van der Waals surface area contributed by atoms with Gasteiger partial charge in [-0.1, -0.05) is 37.3 Å². The summed E-state index contributed by atoms with van der Waals surface area (Å²) in [5.74, 6) is -0.206. The highest BCUT2D eigenvalue weighted by Gasteiger charge is 2.12. The first-order valence-corrected chi connectivity index (χ1v) is 6.12. The molecular formula is C16H15FO2. The van der Waals surface area contributed by atoms with Crippen LogP contribution in [0, 0.1) is 5.82 Å². The Bertz CT molecular complexity index is 552. The molecule has 0 bridgehead atoms. The topological polar surface area (TPSA) is 26.3 Å². The second-order valence-electron chi connectivity index (χ2n) is 4.38. The summed E-state index contributed by atoms with van der Waals surface area (Å²) >= 11 is 0. The molecule has 3 heteroatoms. The van der Waals surface area contributed by atoms with E-state index in [9.17, 15) is 9.18 Å². The lowest BCUT2D eigenvalue weighted by molar-refractivity contribution is -0.108. The Hall–Kier alpha value is -2.16. The van der Waals surface area contributed by atoms with Gasteiger partial charge in [0, 0.05) is 11.5 Å². The molecule has 0 heterocycles.